The summed E-state index contributed by atoms with van der Waals surface area (Å²) >= 11 is 7.43. The topological polar surface area (TPSA) is 59.8 Å². The van der Waals surface area contributed by atoms with Crippen molar-refractivity contribution in [3.05, 3.63) is 82.0 Å². The summed E-state index contributed by atoms with van der Waals surface area (Å²) in [7, 11) is 0. The molecule has 0 aliphatic rings. The molecule has 0 saturated heterocycles. The van der Waals surface area contributed by atoms with Crippen molar-refractivity contribution < 1.29 is 4.79 Å². The van der Waals surface area contributed by atoms with Gasteiger partial charge in [0.25, 0.3) is 5.91 Å². The number of hydrogen-bond donors (Lipinski definition) is 1. The molecule has 3 aromatic heterocycles. The van der Waals surface area contributed by atoms with Gasteiger partial charge in [0.1, 0.15) is 4.83 Å². The van der Waals surface area contributed by atoms with Crippen LogP contribution >= 0.6 is 22.9 Å². The lowest BCUT2D eigenvalue weighted by atomic mass is 10.1. The van der Waals surface area contributed by atoms with Crippen LogP contribution in [0.2, 0.25) is 5.02 Å². The van der Waals surface area contributed by atoms with E-state index in [1.165, 1.54) is 11.3 Å². The van der Waals surface area contributed by atoms with Crippen LogP contribution in [0.25, 0.3) is 26.8 Å². The Bertz CT molecular complexity index is 1420. The zero-order chi connectivity index (χ0) is 20.8. The molecule has 5 aromatic rings. The van der Waals surface area contributed by atoms with Gasteiger partial charge in [-0.3, -0.25) is 9.78 Å². The summed E-state index contributed by atoms with van der Waals surface area (Å²) in [4.78, 5) is 19.2. The number of carbonyl (C=O) groups excluding carboxylic acids is 1. The van der Waals surface area contributed by atoms with Crippen LogP contribution in [0.1, 0.15) is 21.1 Å². The maximum absolute atomic E-state index is 13.1. The zero-order valence-electron chi connectivity index (χ0n) is 16.3. The minimum absolute atomic E-state index is 0.144. The number of anilines is 1. The van der Waals surface area contributed by atoms with Crippen LogP contribution in [0, 0.1) is 13.8 Å². The van der Waals surface area contributed by atoms with E-state index in [-0.39, 0.29) is 5.91 Å². The number of amides is 1. The molecule has 1 N–H and O–H groups in total. The average molecular weight is 433 g/mol. The molecule has 1 amide bonds. The van der Waals surface area contributed by atoms with Crippen LogP contribution in [0.15, 0.2) is 60.7 Å². The van der Waals surface area contributed by atoms with Crippen molar-refractivity contribution in [2.75, 3.05) is 5.32 Å². The van der Waals surface area contributed by atoms with Gasteiger partial charge in [-0.1, -0.05) is 29.8 Å². The average Bonchev–Trinajstić information content (AvgIpc) is 3.29. The molecule has 0 unspecified atom stereocenters. The third-order valence-electron chi connectivity index (χ3n) is 4.93. The predicted octanol–water partition coefficient (Wildman–Crippen LogP) is 6.16. The van der Waals surface area contributed by atoms with Crippen molar-refractivity contribution in [1.29, 1.82) is 0 Å². The maximum Gasteiger partial charge on any atom is 0.265 e. The second-order valence-electron chi connectivity index (χ2n) is 7.09. The van der Waals surface area contributed by atoms with Gasteiger partial charge in [0.2, 0.25) is 0 Å². The third-order valence-corrected chi connectivity index (χ3v) is 6.29. The van der Waals surface area contributed by atoms with Crippen molar-refractivity contribution in [3.63, 3.8) is 0 Å². The van der Waals surface area contributed by atoms with Gasteiger partial charge in [-0.2, -0.15) is 5.10 Å². The van der Waals surface area contributed by atoms with Crippen molar-refractivity contribution in [2.24, 2.45) is 0 Å². The fourth-order valence-corrected chi connectivity index (χ4v) is 4.72. The molecule has 148 valence electrons. The summed E-state index contributed by atoms with van der Waals surface area (Å²) in [5.74, 6) is -0.144. The van der Waals surface area contributed by atoms with Crippen molar-refractivity contribution in [2.45, 2.75) is 13.8 Å². The number of thiophene rings is 1. The lowest BCUT2D eigenvalue weighted by molar-refractivity contribution is 0.103. The van der Waals surface area contributed by atoms with E-state index >= 15 is 0 Å². The Labute approximate surface area is 181 Å². The molecule has 3 heterocycles. The largest absolute Gasteiger partial charge is 0.321 e. The zero-order valence-corrected chi connectivity index (χ0v) is 17.9. The summed E-state index contributed by atoms with van der Waals surface area (Å²) in [6.45, 7) is 3.87. The number of rotatable bonds is 3. The van der Waals surface area contributed by atoms with E-state index in [1.807, 2.05) is 79.2 Å². The Hall–Kier alpha value is -3.22. The minimum atomic E-state index is -0.144. The van der Waals surface area contributed by atoms with Crippen LogP contribution in [0.3, 0.4) is 0 Å². The third kappa shape index (κ3) is 3.24. The molecule has 0 atom stereocenters. The van der Waals surface area contributed by atoms with E-state index in [4.69, 9.17) is 11.6 Å². The number of nitrogens with one attached hydrogen (secondary N) is 1. The van der Waals surface area contributed by atoms with Gasteiger partial charge in [-0.15, -0.1) is 11.3 Å². The highest BCUT2D eigenvalue weighted by molar-refractivity contribution is 7.20. The van der Waals surface area contributed by atoms with Gasteiger partial charge in [0, 0.05) is 21.5 Å². The fourth-order valence-electron chi connectivity index (χ4n) is 3.51. The summed E-state index contributed by atoms with van der Waals surface area (Å²) < 4.78 is 1.86. The Morgan fingerprint density at radius 2 is 1.80 bits per heavy atom. The molecule has 5 rings (SSSR count). The number of fused-ring (bicyclic) bond motifs is 2. The maximum atomic E-state index is 13.1. The van der Waals surface area contributed by atoms with E-state index in [9.17, 15) is 4.79 Å². The first-order valence-electron chi connectivity index (χ1n) is 9.42. The van der Waals surface area contributed by atoms with E-state index in [1.54, 1.807) is 0 Å². The number of aryl methyl sites for hydroxylation is 2. The smallest absolute Gasteiger partial charge is 0.265 e. The molecule has 0 radical (unpaired) electrons. The Morgan fingerprint density at radius 3 is 2.60 bits per heavy atom. The number of benzene rings is 2. The fraction of sp³-hybridized carbons (Fsp3) is 0.0870. The number of pyridine rings is 1. The number of carbonyl (C=O) groups is 1. The number of hydrogen-bond acceptors (Lipinski definition) is 4. The highest BCUT2D eigenvalue weighted by atomic mass is 35.5. The van der Waals surface area contributed by atoms with E-state index in [0.717, 1.165) is 43.9 Å². The minimum Gasteiger partial charge on any atom is -0.321 e. The van der Waals surface area contributed by atoms with Crippen molar-refractivity contribution >= 4 is 55.7 Å². The monoisotopic (exact) mass is 432 g/mol. The highest BCUT2D eigenvalue weighted by Crippen LogP contribution is 2.32. The molecule has 0 aliphatic heterocycles. The van der Waals surface area contributed by atoms with E-state index in [0.29, 0.717) is 9.90 Å². The predicted molar refractivity (Wildman–Crippen MR) is 123 cm³/mol. The summed E-state index contributed by atoms with van der Waals surface area (Å²) in [5.41, 5.74) is 4.26. The van der Waals surface area contributed by atoms with E-state index < -0.39 is 0 Å². The van der Waals surface area contributed by atoms with Gasteiger partial charge in [0.05, 0.1) is 27.5 Å². The molecule has 0 aliphatic carbocycles. The molecule has 0 saturated carbocycles. The number of nitrogens with zero attached hydrogens (tertiary/aromatic N) is 3. The van der Waals surface area contributed by atoms with Crippen LogP contribution in [0.4, 0.5) is 5.69 Å². The second kappa shape index (κ2) is 7.23. The Morgan fingerprint density at radius 1 is 1.03 bits per heavy atom. The van der Waals surface area contributed by atoms with Crippen LogP contribution in [-0.4, -0.2) is 20.7 Å². The summed E-state index contributed by atoms with van der Waals surface area (Å²) in [6.07, 6.45) is 0. The molecule has 5 nitrogen and oxygen atoms in total. The summed E-state index contributed by atoms with van der Waals surface area (Å²) in [6, 6.07) is 19.1. The van der Waals surface area contributed by atoms with Crippen molar-refractivity contribution in [1.82, 2.24) is 14.8 Å². The number of para-hydroxylation sites is 1. The Balaban J connectivity index is 1.54. The van der Waals surface area contributed by atoms with Gasteiger partial charge in [-0.25, -0.2) is 4.68 Å². The van der Waals surface area contributed by atoms with Gasteiger partial charge < -0.3 is 5.32 Å². The summed E-state index contributed by atoms with van der Waals surface area (Å²) in [5, 5.41) is 10.3. The van der Waals surface area contributed by atoms with Gasteiger partial charge in [-0.05, 0) is 56.3 Å². The molecule has 0 spiro atoms. The van der Waals surface area contributed by atoms with Crippen LogP contribution in [0.5, 0.6) is 0 Å². The number of halogens is 1. The molecule has 7 heteroatoms. The van der Waals surface area contributed by atoms with E-state index in [2.05, 4.69) is 15.4 Å². The molecular formula is C23H17ClN4OS. The van der Waals surface area contributed by atoms with Gasteiger partial charge in [0.15, 0.2) is 0 Å². The molecule has 0 fully saturated rings. The normalized spacial score (nSPS) is 11.3. The molecule has 0 bridgehead atoms. The molecule has 30 heavy (non-hydrogen) atoms. The lowest BCUT2D eigenvalue weighted by Gasteiger charge is -2.09. The molecular weight excluding hydrogens is 416 g/mol. The lowest BCUT2D eigenvalue weighted by Crippen LogP contribution is -2.11. The molecule has 2 aromatic carbocycles. The van der Waals surface area contributed by atoms with Crippen LogP contribution < -0.4 is 5.32 Å². The first-order chi connectivity index (χ1) is 14.5. The first-order valence-corrected chi connectivity index (χ1v) is 10.6. The SMILES string of the molecule is Cc1cc(NC(=O)c2cc3c(C)nn(-c4ccc(Cl)cc4)c3s2)c2ccccc2n1. The van der Waals surface area contributed by atoms with Gasteiger partial charge >= 0.3 is 0 Å². The quantitative estimate of drug-likeness (QED) is 0.371. The first kappa shape index (κ1) is 18.8. The standard InChI is InChI=1S/C23H17ClN4OS/c1-13-11-20(17-5-3-4-6-19(17)25-13)26-22(29)21-12-18-14(2)27-28(23(18)30-21)16-9-7-15(24)8-10-16/h3-12H,1-2H3,(H,25,26,29). The number of aromatic nitrogens is 3. The highest BCUT2D eigenvalue weighted by Gasteiger charge is 2.18. The Kier molecular flexibility index (Phi) is 4.53. The van der Waals surface area contributed by atoms with Crippen LogP contribution in [-0.2, 0) is 0 Å². The van der Waals surface area contributed by atoms with Crippen molar-refractivity contribution in [3.8, 4) is 5.69 Å². The second-order valence-corrected chi connectivity index (χ2v) is 8.55.